The third-order valence-electron chi connectivity index (χ3n) is 4.92. The van der Waals surface area contributed by atoms with E-state index < -0.39 is 0 Å². The van der Waals surface area contributed by atoms with Gasteiger partial charge in [-0.25, -0.2) is 4.98 Å². The molecule has 26 heavy (non-hydrogen) atoms. The van der Waals surface area contributed by atoms with Gasteiger partial charge in [-0.1, -0.05) is 26.8 Å². The molecule has 1 aromatic heterocycles. The van der Waals surface area contributed by atoms with Crippen molar-refractivity contribution in [1.29, 1.82) is 0 Å². The number of benzene rings is 1. The van der Waals surface area contributed by atoms with E-state index in [-0.39, 0.29) is 17.2 Å². The topological polar surface area (TPSA) is 58.4 Å². The number of aromatic nitrogens is 2. The summed E-state index contributed by atoms with van der Waals surface area (Å²) in [6.45, 7) is 8.47. The summed E-state index contributed by atoms with van der Waals surface area (Å²) >= 11 is 0. The summed E-state index contributed by atoms with van der Waals surface area (Å²) in [5.74, 6) is 0.276. The smallest absolute Gasteiger partial charge is 0.228 e. The first-order valence-electron chi connectivity index (χ1n) is 9.23. The largest absolute Gasteiger partial charge is 0.341 e. The van der Waals surface area contributed by atoms with Crippen LogP contribution in [0.3, 0.4) is 0 Å². The van der Waals surface area contributed by atoms with Gasteiger partial charge in [-0.3, -0.25) is 9.59 Å². The lowest BCUT2D eigenvalue weighted by molar-refractivity contribution is -0.139. The molecular weight excluding hydrogens is 328 g/mol. The highest BCUT2D eigenvalue weighted by atomic mass is 16.2. The summed E-state index contributed by atoms with van der Waals surface area (Å²) in [5.41, 5.74) is 2.58. The minimum atomic E-state index is -0.378. The molecular formula is C20H28N4O2. The zero-order valence-electron chi connectivity index (χ0n) is 16.2. The van der Waals surface area contributed by atoms with E-state index in [0.717, 1.165) is 29.6 Å². The van der Waals surface area contributed by atoms with Crippen LogP contribution in [-0.2, 0) is 23.1 Å². The predicted molar refractivity (Wildman–Crippen MR) is 102 cm³/mol. The second-order valence-corrected chi connectivity index (χ2v) is 8.13. The Balaban J connectivity index is 1.63. The van der Waals surface area contributed by atoms with Crippen LogP contribution < -0.4 is 0 Å². The van der Waals surface area contributed by atoms with Crippen molar-refractivity contribution in [2.24, 2.45) is 12.5 Å². The first-order chi connectivity index (χ1) is 12.3. The molecule has 140 valence electrons. The number of hydrogen-bond donors (Lipinski definition) is 0. The maximum absolute atomic E-state index is 12.7. The molecule has 0 N–H and O–H groups in total. The van der Waals surface area contributed by atoms with Gasteiger partial charge in [0.05, 0.1) is 23.8 Å². The zero-order chi connectivity index (χ0) is 18.9. The molecule has 0 bridgehead atoms. The molecule has 2 heterocycles. The molecule has 2 amide bonds. The van der Waals surface area contributed by atoms with Gasteiger partial charge in [-0.2, -0.15) is 0 Å². The van der Waals surface area contributed by atoms with Gasteiger partial charge in [0.25, 0.3) is 0 Å². The van der Waals surface area contributed by atoms with Crippen molar-refractivity contribution in [3.8, 4) is 0 Å². The molecule has 0 atom stereocenters. The molecule has 1 fully saturated rings. The van der Waals surface area contributed by atoms with E-state index in [0.29, 0.717) is 26.1 Å². The summed E-state index contributed by atoms with van der Waals surface area (Å²) in [5, 5.41) is 0. The van der Waals surface area contributed by atoms with E-state index >= 15 is 0 Å². The third kappa shape index (κ3) is 3.89. The summed E-state index contributed by atoms with van der Waals surface area (Å²) < 4.78 is 1.97. The second-order valence-electron chi connectivity index (χ2n) is 8.13. The predicted octanol–water partition coefficient (Wildman–Crippen LogP) is 2.22. The molecule has 0 saturated carbocycles. The number of fused-ring (bicyclic) bond motifs is 1. The van der Waals surface area contributed by atoms with E-state index in [1.54, 1.807) is 6.33 Å². The van der Waals surface area contributed by atoms with Crippen LogP contribution in [0.1, 0.15) is 32.8 Å². The van der Waals surface area contributed by atoms with Crippen molar-refractivity contribution in [3.63, 3.8) is 0 Å². The number of nitrogens with zero attached hydrogens (tertiary/aromatic N) is 4. The van der Waals surface area contributed by atoms with Gasteiger partial charge in [0.15, 0.2) is 0 Å². The van der Waals surface area contributed by atoms with Crippen molar-refractivity contribution >= 4 is 22.8 Å². The number of aryl methyl sites for hydroxylation is 1. The Labute approximate surface area is 154 Å². The lowest BCUT2D eigenvalue weighted by Crippen LogP contribution is -2.42. The standard InChI is InChI=1S/C20H28N4O2/c1-20(2,3)19(26)24-9-5-8-23(10-11-24)18(25)13-15-6-7-17-16(12-15)21-14-22(17)4/h6-7,12,14H,5,8-11,13H2,1-4H3. The van der Waals surface area contributed by atoms with Crippen LogP contribution in [0.4, 0.5) is 0 Å². The molecule has 0 radical (unpaired) electrons. The Morgan fingerprint density at radius 3 is 2.50 bits per heavy atom. The highest BCUT2D eigenvalue weighted by Crippen LogP contribution is 2.19. The lowest BCUT2D eigenvalue weighted by Gasteiger charge is -2.28. The minimum absolute atomic E-state index is 0.116. The highest BCUT2D eigenvalue weighted by molar-refractivity contribution is 5.83. The van der Waals surface area contributed by atoms with Crippen molar-refractivity contribution in [2.75, 3.05) is 26.2 Å². The van der Waals surface area contributed by atoms with Crippen LogP contribution in [0.25, 0.3) is 11.0 Å². The summed E-state index contributed by atoms with van der Waals surface area (Å²) in [4.78, 5) is 33.4. The number of imidazole rings is 1. The van der Waals surface area contributed by atoms with Crippen molar-refractivity contribution < 1.29 is 9.59 Å². The molecule has 1 aromatic carbocycles. The Hall–Kier alpha value is -2.37. The maximum Gasteiger partial charge on any atom is 0.228 e. The average Bonchev–Trinajstić information content (AvgIpc) is 2.80. The SMILES string of the molecule is Cn1cnc2cc(CC(=O)N3CCCN(C(=O)C(C)(C)C)CC3)ccc21. The Kier molecular flexibility index (Phi) is 5.03. The van der Waals surface area contributed by atoms with Crippen molar-refractivity contribution in [2.45, 2.75) is 33.6 Å². The maximum atomic E-state index is 12.7. The first kappa shape index (κ1) is 18.4. The Morgan fingerprint density at radius 1 is 1.08 bits per heavy atom. The van der Waals surface area contributed by atoms with Gasteiger partial charge in [0.2, 0.25) is 11.8 Å². The highest BCUT2D eigenvalue weighted by Gasteiger charge is 2.29. The Bertz CT molecular complexity index is 819. The van der Waals surface area contributed by atoms with Crippen LogP contribution in [0.2, 0.25) is 0 Å². The minimum Gasteiger partial charge on any atom is -0.341 e. The van der Waals surface area contributed by atoms with E-state index in [9.17, 15) is 9.59 Å². The molecule has 2 aromatic rings. The average molecular weight is 356 g/mol. The molecule has 0 spiro atoms. The van der Waals surface area contributed by atoms with Crippen LogP contribution in [0.15, 0.2) is 24.5 Å². The van der Waals surface area contributed by atoms with E-state index in [1.807, 2.05) is 60.4 Å². The van der Waals surface area contributed by atoms with Crippen LogP contribution in [-0.4, -0.2) is 57.3 Å². The van der Waals surface area contributed by atoms with Crippen LogP contribution in [0.5, 0.6) is 0 Å². The van der Waals surface area contributed by atoms with Crippen LogP contribution in [0, 0.1) is 5.41 Å². The third-order valence-corrected chi connectivity index (χ3v) is 4.92. The molecule has 1 aliphatic rings. The van der Waals surface area contributed by atoms with Gasteiger partial charge in [-0.15, -0.1) is 0 Å². The van der Waals surface area contributed by atoms with Gasteiger partial charge in [-0.05, 0) is 24.1 Å². The fourth-order valence-corrected chi connectivity index (χ4v) is 3.42. The molecule has 6 heteroatoms. The zero-order valence-corrected chi connectivity index (χ0v) is 16.2. The number of carbonyl (C=O) groups is 2. The summed E-state index contributed by atoms with van der Waals surface area (Å²) in [7, 11) is 1.96. The fourth-order valence-electron chi connectivity index (χ4n) is 3.42. The van der Waals surface area contributed by atoms with E-state index in [2.05, 4.69) is 4.98 Å². The van der Waals surface area contributed by atoms with Crippen LogP contribution >= 0.6 is 0 Å². The molecule has 6 nitrogen and oxygen atoms in total. The molecule has 1 aliphatic heterocycles. The van der Waals surface area contributed by atoms with E-state index in [4.69, 9.17) is 0 Å². The summed E-state index contributed by atoms with van der Waals surface area (Å²) in [6, 6.07) is 5.99. The first-order valence-corrected chi connectivity index (χ1v) is 9.23. The quantitative estimate of drug-likeness (QED) is 0.829. The monoisotopic (exact) mass is 356 g/mol. The fraction of sp³-hybridized carbons (Fsp3) is 0.550. The van der Waals surface area contributed by atoms with Gasteiger partial charge in [0, 0.05) is 38.6 Å². The van der Waals surface area contributed by atoms with Gasteiger partial charge >= 0.3 is 0 Å². The number of amides is 2. The molecule has 3 rings (SSSR count). The molecule has 1 saturated heterocycles. The second kappa shape index (κ2) is 7.09. The van der Waals surface area contributed by atoms with E-state index in [1.165, 1.54) is 0 Å². The molecule has 0 unspecified atom stereocenters. The molecule has 0 aliphatic carbocycles. The Morgan fingerprint density at radius 2 is 1.77 bits per heavy atom. The summed E-state index contributed by atoms with van der Waals surface area (Å²) in [6.07, 6.45) is 2.98. The van der Waals surface area contributed by atoms with Crippen molar-refractivity contribution in [3.05, 3.63) is 30.1 Å². The van der Waals surface area contributed by atoms with Crippen molar-refractivity contribution in [1.82, 2.24) is 19.4 Å². The van der Waals surface area contributed by atoms with Gasteiger partial charge < -0.3 is 14.4 Å². The number of carbonyl (C=O) groups excluding carboxylic acids is 2. The van der Waals surface area contributed by atoms with Gasteiger partial charge in [0.1, 0.15) is 0 Å². The lowest BCUT2D eigenvalue weighted by atomic mass is 9.94. The normalized spacial score (nSPS) is 16.0. The number of rotatable bonds is 2. The number of hydrogen-bond acceptors (Lipinski definition) is 3.